The molecule has 0 rings (SSSR count). The van der Waals surface area contributed by atoms with Crippen LogP contribution in [0.2, 0.25) is 0 Å². The predicted molar refractivity (Wildman–Crippen MR) is 112 cm³/mol. The summed E-state index contributed by atoms with van der Waals surface area (Å²) in [6.45, 7) is 15.9. The van der Waals surface area contributed by atoms with E-state index in [0.717, 1.165) is 12.5 Å². The van der Waals surface area contributed by atoms with Crippen molar-refractivity contribution in [2.75, 3.05) is 26.2 Å². The molecule has 9 heteroatoms. The summed E-state index contributed by atoms with van der Waals surface area (Å²) in [6, 6.07) is 0. The van der Waals surface area contributed by atoms with Crippen LogP contribution in [-0.4, -0.2) is 52.8 Å². The summed E-state index contributed by atoms with van der Waals surface area (Å²) in [7, 11) is 0. The van der Waals surface area contributed by atoms with Crippen LogP contribution in [0.25, 0.3) is 0 Å². The first-order valence-electron chi connectivity index (χ1n) is 9.08. The highest BCUT2D eigenvalue weighted by Gasteiger charge is 2.00. The predicted octanol–water partition coefficient (Wildman–Crippen LogP) is 1.09. The lowest BCUT2D eigenvalue weighted by molar-refractivity contribution is -0.106. The molecule has 164 valence electrons. The van der Waals surface area contributed by atoms with Crippen molar-refractivity contribution in [3.63, 3.8) is 0 Å². The van der Waals surface area contributed by atoms with Crippen molar-refractivity contribution in [1.29, 1.82) is 0 Å². The fourth-order valence-electron chi connectivity index (χ4n) is 0.644. The van der Waals surface area contributed by atoms with Crippen LogP contribution in [0.3, 0.4) is 0 Å². The number of hydrogen-bond donors (Lipinski definition) is 4. The van der Waals surface area contributed by atoms with Gasteiger partial charge in [-0.15, -0.1) is 0 Å². The molecular weight excluding hydrogens is 356 g/mol. The zero-order valence-corrected chi connectivity index (χ0v) is 18.7. The molecule has 3 atom stereocenters. The van der Waals surface area contributed by atoms with Gasteiger partial charge in [0.25, 0.3) is 0 Å². The molecule has 0 saturated carbocycles. The van der Waals surface area contributed by atoms with E-state index in [9.17, 15) is 8.76 Å². The first-order chi connectivity index (χ1) is 12.1. The van der Waals surface area contributed by atoms with E-state index in [0.29, 0.717) is 19.3 Å². The molecule has 0 heterocycles. The Morgan fingerprint density at radius 3 is 1.38 bits per heavy atom. The molecule has 26 heavy (non-hydrogen) atoms. The van der Waals surface area contributed by atoms with E-state index in [4.69, 9.17) is 26.7 Å². The topological polar surface area (TPSA) is 171 Å². The van der Waals surface area contributed by atoms with Gasteiger partial charge in [-0.2, -0.15) is 0 Å². The Morgan fingerprint density at radius 1 is 1.04 bits per heavy atom. The van der Waals surface area contributed by atoms with Crippen molar-refractivity contribution in [3.8, 4) is 0 Å². The minimum atomic E-state index is -1.98. The molecule has 0 saturated heterocycles. The van der Waals surface area contributed by atoms with Crippen molar-refractivity contribution in [3.05, 3.63) is 0 Å². The second-order valence-electron chi connectivity index (χ2n) is 5.30. The summed E-state index contributed by atoms with van der Waals surface area (Å²) in [6.07, 6.45) is 2.46. The van der Waals surface area contributed by atoms with Gasteiger partial charge in [-0.3, -0.25) is 4.21 Å². The highest BCUT2D eigenvalue weighted by atomic mass is 32.2. The lowest BCUT2D eigenvalue weighted by atomic mass is 10.2. The van der Waals surface area contributed by atoms with Crippen molar-refractivity contribution in [2.24, 2.45) is 28.9 Å². The fourth-order valence-corrected chi connectivity index (χ4v) is 1.07. The number of carbonyl (C=O) groups excluding carboxylic acids is 1. The Balaban J connectivity index is -0.0000000737. The van der Waals surface area contributed by atoms with E-state index in [1.807, 2.05) is 20.8 Å². The summed E-state index contributed by atoms with van der Waals surface area (Å²) < 4.78 is 25.0. The van der Waals surface area contributed by atoms with Crippen molar-refractivity contribution in [2.45, 2.75) is 72.8 Å². The Hall–Kier alpha value is -0.420. The van der Waals surface area contributed by atoms with E-state index in [1.54, 1.807) is 6.92 Å². The van der Waals surface area contributed by atoms with Gasteiger partial charge in [-0.05, 0) is 32.7 Å². The molecule has 0 aliphatic rings. The maximum absolute atomic E-state index is 10.1. The number of ether oxygens (including phenoxy) is 1. The van der Waals surface area contributed by atoms with Gasteiger partial charge >= 0.3 is 0 Å². The summed E-state index contributed by atoms with van der Waals surface area (Å²) in [4.78, 5) is 9.05. The average Bonchev–Trinajstić information content (AvgIpc) is 2.57. The quantitative estimate of drug-likeness (QED) is 0.279. The standard InChI is InChI=1S/C5H12.C4H11NO2S.C4H11NO.C2H5NO.C2H7N/c1-4-5(2)3;1-2-4(3-5)8(6)7;1-3-6-4(2)5;3-1-2-4;1-2-3/h5H,4H2,1-3H3;4H,2-3,5H2,1H3,(H,6,7);4H,3,5H2,1-2H3;2H,1,3H2;2-3H2,1H3/p-1. The third kappa shape index (κ3) is 65.2. The number of nitrogens with two attached hydrogens (primary N) is 4. The molecule has 0 amide bonds. The molecule has 0 spiro atoms. The van der Waals surface area contributed by atoms with Crippen molar-refractivity contribution >= 4 is 17.4 Å². The Labute approximate surface area is 164 Å². The number of carbonyl (C=O) groups is 1. The molecule has 0 fully saturated rings. The van der Waals surface area contributed by atoms with E-state index in [-0.39, 0.29) is 24.6 Å². The second-order valence-corrected chi connectivity index (χ2v) is 6.49. The summed E-state index contributed by atoms with van der Waals surface area (Å²) in [5.41, 5.74) is 19.8. The number of hydrogen-bond acceptors (Lipinski definition) is 8. The minimum absolute atomic E-state index is 0.102. The van der Waals surface area contributed by atoms with Gasteiger partial charge in [0.15, 0.2) is 0 Å². The van der Waals surface area contributed by atoms with Crippen LogP contribution in [0.15, 0.2) is 0 Å². The van der Waals surface area contributed by atoms with Gasteiger partial charge in [0, 0.05) is 24.9 Å². The van der Waals surface area contributed by atoms with Gasteiger partial charge in [0.1, 0.15) is 12.5 Å². The van der Waals surface area contributed by atoms with Crippen LogP contribution in [0.1, 0.15) is 61.3 Å². The van der Waals surface area contributed by atoms with E-state index < -0.39 is 11.1 Å². The van der Waals surface area contributed by atoms with Crippen LogP contribution in [-0.2, 0) is 20.6 Å². The van der Waals surface area contributed by atoms with E-state index in [1.165, 1.54) is 6.42 Å². The van der Waals surface area contributed by atoms with Crippen molar-refractivity contribution in [1.82, 2.24) is 0 Å². The first kappa shape index (κ1) is 36.5. The monoisotopic (exact) mass is 401 g/mol. The lowest BCUT2D eigenvalue weighted by Crippen LogP contribution is -2.23. The first-order valence-corrected chi connectivity index (χ1v) is 10.2. The summed E-state index contributed by atoms with van der Waals surface area (Å²) in [5.74, 6) is 0.884. The molecule has 0 bridgehead atoms. The molecule has 3 unspecified atom stereocenters. The Bertz CT molecular complexity index is 255. The van der Waals surface area contributed by atoms with Crippen LogP contribution in [0.4, 0.5) is 0 Å². The van der Waals surface area contributed by atoms with Gasteiger partial charge < -0.3 is 37.0 Å². The molecule has 8 N–H and O–H groups in total. The van der Waals surface area contributed by atoms with Gasteiger partial charge in [0.2, 0.25) is 0 Å². The highest BCUT2D eigenvalue weighted by molar-refractivity contribution is 7.79. The summed E-state index contributed by atoms with van der Waals surface area (Å²) in [5, 5.41) is -0.352. The van der Waals surface area contributed by atoms with Crippen LogP contribution in [0, 0.1) is 5.92 Å². The summed E-state index contributed by atoms with van der Waals surface area (Å²) >= 11 is -1.98. The zero-order chi connectivity index (χ0) is 22.0. The normalized spacial score (nSPS) is 12.3. The molecule has 0 aliphatic heterocycles. The average molecular weight is 402 g/mol. The van der Waals surface area contributed by atoms with Crippen LogP contribution < -0.4 is 22.9 Å². The molecule has 0 aromatic carbocycles. The molecule has 8 nitrogen and oxygen atoms in total. The zero-order valence-electron chi connectivity index (χ0n) is 17.9. The Morgan fingerprint density at radius 2 is 1.38 bits per heavy atom. The minimum Gasteiger partial charge on any atom is -0.772 e. The molecule has 0 aromatic heterocycles. The molecule has 0 aromatic rings. The van der Waals surface area contributed by atoms with Crippen LogP contribution >= 0.6 is 0 Å². The molecular formula is C17H45N4O4S-. The van der Waals surface area contributed by atoms with Gasteiger partial charge in [0.05, 0.1) is 0 Å². The number of aldehydes is 1. The van der Waals surface area contributed by atoms with Gasteiger partial charge in [-0.1, -0.05) is 52.1 Å². The molecule has 0 radical (unpaired) electrons. The maximum Gasteiger partial charge on any atom is 0.133 e. The molecule has 0 aliphatic carbocycles. The largest absolute Gasteiger partial charge is 0.772 e. The van der Waals surface area contributed by atoms with E-state index in [2.05, 4.69) is 26.5 Å². The SMILES string of the molecule is CCC(C)C.CCC(CN)S(=O)[O-].CCN.CCOC(C)N.NCC=O. The third-order valence-corrected chi connectivity index (χ3v) is 3.40. The smallest absolute Gasteiger partial charge is 0.133 e. The van der Waals surface area contributed by atoms with Gasteiger partial charge in [-0.25, -0.2) is 0 Å². The van der Waals surface area contributed by atoms with E-state index >= 15 is 0 Å². The number of rotatable bonds is 7. The second kappa shape index (κ2) is 35.6. The van der Waals surface area contributed by atoms with Crippen molar-refractivity contribution < 1.29 is 18.3 Å². The highest BCUT2D eigenvalue weighted by Crippen LogP contribution is 1.94. The third-order valence-electron chi connectivity index (χ3n) is 2.33. The van der Waals surface area contributed by atoms with Crippen LogP contribution in [0.5, 0.6) is 0 Å². The fraction of sp³-hybridized carbons (Fsp3) is 0.941. The Kier molecular flexibility index (Phi) is 50.0. The lowest BCUT2D eigenvalue weighted by Gasteiger charge is -2.14. The maximum atomic E-state index is 10.1.